The predicted octanol–water partition coefficient (Wildman–Crippen LogP) is 2.47. The third-order valence-corrected chi connectivity index (χ3v) is 1.77. The maximum atomic E-state index is 5.66. The van der Waals surface area contributed by atoms with Crippen molar-refractivity contribution in [2.75, 3.05) is 0 Å². The van der Waals surface area contributed by atoms with Gasteiger partial charge in [0.2, 0.25) is 0 Å². The van der Waals surface area contributed by atoms with Crippen molar-refractivity contribution < 1.29 is 0 Å². The fourth-order valence-electron chi connectivity index (χ4n) is 0.556. The molecule has 0 bridgehead atoms. The Morgan fingerprint density at radius 3 is 2.67 bits per heavy atom. The number of rotatable bonds is 1. The van der Waals surface area contributed by atoms with Gasteiger partial charge in [0, 0.05) is 9.92 Å². The summed E-state index contributed by atoms with van der Waals surface area (Å²) in [5, 5.41) is 0.741. The van der Waals surface area contributed by atoms with Crippen LogP contribution in [0.2, 0.25) is 5.02 Å². The maximum Gasteiger partial charge on any atom is 0.0416 e. The minimum Gasteiger partial charge on any atom is -0.169 e. The highest BCUT2D eigenvalue weighted by Gasteiger charge is 1.85. The molecule has 0 aliphatic heterocycles. The number of hydrogen-bond acceptors (Lipinski definition) is 0. The molecule has 0 aliphatic rings. The van der Waals surface area contributed by atoms with E-state index in [4.69, 9.17) is 17.5 Å². The molecule has 1 rings (SSSR count). The van der Waals surface area contributed by atoms with Crippen molar-refractivity contribution in [2.45, 2.75) is 4.90 Å². The first-order valence-corrected chi connectivity index (χ1v) is 3.83. The SMILES string of the molecule is [CH]=[SH]c1cccc(Cl)c1. The van der Waals surface area contributed by atoms with Crippen LogP contribution in [0, 0.1) is 0 Å². The molecule has 1 radical (unpaired) electrons. The quantitative estimate of drug-likeness (QED) is 0.470. The largest absolute Gasteiger partial charge is 0.169 e. The average Bonchev–Trinajstić information content (AvgIpc) is 1.88. The van der Waals surface area contributed by atoms with Crippen LogP contribution in [0.5, 0.6) is 0 Å². The molecule has 0 amide bonds. The first-order valence-electron chi connectivity index (χ1n) is 2.49. The lowest BCUT2D eigenvalue weighted by molar-refractivity contribution is 1.48. The number of benzene rings is 1. The van der Waals surface area contributed by atoms with E-state index in [1.165, 1.54) is 0 Å². The molecule has 0 saturated heterocycles. The number of halogens is 1. The second-order valence-electron chi connectivity index (χ2n) is 1.61. The highest BCUT2D eigenvalue weighted by molar-refractivity contribution is 7.96. The molecule has 0 N–H and O–H groups in total. The molecule has 0 spiro atoms. The molecule has 0 unspecified atom stereocenters. The summed E-state index contributed by atoms with van der Waals surface area (Å²) >= 11 is 6.43. The maximum absolute atomic E-state index is 5.66. The lowest BCUT2D eigenvalue weighted by Crippen LogP contribution is -1.64. The molecule has 1 aromatic rings. The van der Waals surface area contributed by atoms with Gasteiger partial charge in [-0.2, -0.15) is 11.4 Å². The van der Waals surface area contributed by atoms with Crippen molar-refractivity contribution in [1.29, 1.82) is 0 Å². The van der Waals surface area contributed by atoms with Crippen LogP contribution >= 0.6 is 23.0 Å². The van der Waals surface area contributed by atoms with Crippen LogP contribution in [-0.4, -0.2) is 5.87 Å². The zero-order chi connectivity index (χ0) is 6.69. The average molecular weight is 158 g/mol. The minimum atomic E-state index is 0.741. The van der Waals surface area contributed by atoms with Crippen LogP contribution in [0.3, 0.4) is 0 Å². The van der Waals surface area contributed by atoms with E-state index < -0.39 is 0 Å². The first-order chi connectivity index (χ1) is 4.33. The normalized spacial score (nSPS) is 9.44. The summed E-state index contributed by atoms with van der Waals surface area (Å²) in [5.74, 6) is 5.33. The molecule has 2 heteroatoms. The second kappa shape index (κ2) is 3.04. The van der Waals surface area contributed by atoms with E-state index in [0.717, 1.165) is 21.3 Å². The van der Waals surface area contributed by atoms with Crippen molar-refractivity contribution in [1.82, 2.24) is 0 Å². The van der Waals surface area contributed by atoms with Gasteiger partial charge in [0.05, 0.1) is 0 Å². The Hall–Kier alpha value is -0.270. The summed E-state index contributed by atoms with van der Waals surface area (Å²) in [7, 11) is 0. The Morgan fingerprint density at radius 1 is 1.44 bits per heavy atom. The van der Waals surface area contributed by atoms with Gasteiger partial charge in [-0.3, -0.25) is 0 Å². The van der Waals surface area contributed by atoms with E-state index >= 15 is 0 Å². The Bertz CT molecular complexity index is 220. The van der Waals surface area contributed by atoms with Crippen molar-refractivity contribution in [3.8, 4) is 0 Å². The topological polar surface area (TPSA) is 0 Å². The van der Waals surface area contributed by atoms with E-state index in [9.17, 15) is 0 Å². The van der Waals surface area contributed by atoms with Crippen LogP contribution < -0.4 is 0 Å². The van der Waals surface area contributed by atoms with Gasteiger partial charge < -0.3 is 0 Å². The molecule has 0 nitrogen and oxygen atoms in total. The van der Waals surface area contributed by atoms with E-state index in [-0.39, 0.29) is 0 Å². The lowest BCUT2D eigenvalue weighted by Gasteiger charge is -1.90. The van der Waals surface area contributed by atoms with E-state index in [1.54, 1.807) is 0 Å². The van der Waals surface area contributed by atoms with E-state index in [2.05, 4.69) is 0 Å². The van der Waals surface area contributed by atoms with Crippen LogP contribution in [0.1, 0.15) is 0 Å². The van der Waals surface area contributed by atoms with Gasteiger partial charge in [0.25, 0.3) is 0 Å². The van der Waals surface area contributed by atoms with Gasteiger partial charge in [-0.1, -0.05) is 17.7 Å². The molecule has 9 heavy (non-hydrogen) atoms. The van der Waals surface area contributed by atoms with Gasteiger partial charge in [-0.15, -0.1) is 0 Å². The molecule has 47 valence electrons. The molecule has 0 aliphatic carbocycles. The highest BCUT2D eigenvalue weighted by Crippen LogP contribution is 2.14. The second-order valence-corrected chi connectivity index (χ2v) is 2.82. The van der Waals surface area contributed by atoms with E-state index in [0.29, 0.717) is 0 Å². The fraction of sp³-hybridized carbons (Fsp3) is 0. The summed E-state index contributed by atoms with van der Waals surface area (Å²) in [6.45, 7) is 0. The van der Waals surface area contributed by atoms with Crippen LogP contribution in [-0.2, 0) is 0 Å². The molecular formula is C7H6ClS. The Morgan fingerprint density at radius 2 is 2.22 bits per heavy atom. The predicted molar refractivity (Wildman–Crippen MR) is 44.8 cm³/mol. The number of hydrogen-bond donors (Lipinski definition) is 1. The van der Waals surface area contributed by atoms with Crippen molar-refractivity contribution in [3.05, 3.63) is 29.3 Å². The fourth-order valence-corrected chi connectivity index (χ4v) is 1.21. The standard InChI is InChI=1S/C7H6ClS/c1-9-7-4-2-3-6(8)5-7/h1-5,9H. The zero-order valence-electron chi connectivity index (χ0n) is 4.71. The monoisotopic (exact) mass is 157 g/mol. The summed E-state index contributed by atoms with van der Waals surface area (Å²) in [4.78, 5) is 1.04. The summed E-state index contributed by atoms with van der Waals surface area (Å²) < 4.78 is 0. The van der Waals surface area contributed by atoms with Crippen LogP contribution in [0.4, 0.5) is 0 Å². The van der Waals surface area contributed by atoms with Gasteiger partial charge in [-0.05, 0) is 24.1 Å². The molecule has 0 heterocycles. The summed E-state index contributed by atoms with van der Waals surface area (Å²) in [5.41, 5.74) is 0. The van der Waals surface area contributed by atoms with Crippen molar-refractivity contribution >= 4 is 28.8 Å². The van der Waals surface area contributed by atoms with Crippen LogP contribution in [0.25, 0.3) is 0 Å². The molecular weight excluding hydrogens is 152 g/mol. The smallest absolute Gasteiger partial charge is 0.0416 e. The minimum absolute atomic E-state index is 0.741. The van der Waals surface area contributed by atoms with Gasteiger partial charge >= 0.3 is 0 Å². The van der Waals surface area contributed by atoms with Gasteiger partial charge in [0.15, 0.2) is 0 Å². The van der Waals surface area contributed by atoms with Gasteiger partial charge in [-0.25, -0.2) is 0 Å². The van der Waals surface area contributed by atoms with Crippen molar-refractivity contribution in [3.63, 3.8) is 0 Å². The van der Waals surface area contributed by atoms with Gasteiger partial charge in [0.1, 0.15) is 0 Å². The Kier molecular flexibility index (Phi) is 2.31. The number of thiol groups is 1. The van der Waals surface area contributed by atoms with Crippen molar-refractivity contribution in [2.24, 2.45) is 0 Å². The highest BCUT2D eigenvalue weighted by atomic mass is 35.5. The van der Waals surface area contributed by atoms with E-state index in [1.807, 2.05) is 24.3 Å². The molecule has 0 saturated carbocycles. The zero-order valence-corrected chi connectivity index (χ0v) is 6.36. The molecule has 0 fully saturated rings. The first kappa shape index (κ1) is 6.84. The summed E-state index contributed by atoms with van der Waals surface area (Å²) in [6.07, 6.45) is 0. The Balaban J connectivity index is 3.07. The molecule has 0 atom stereocenters. The molecule has 0 aromatic heterocycles. The summed E-state index contributed by atoms with van der Waals surface area (Å²) in [6, 6.07) is 7.50. The molecule has 1 aromatic carbocycles. The van der Waals surface area contributed by atoms with Crippen LogP contribution in [0.15, 0.2) is 29.2 Å². The third-order valence-electron chi connectivity index (χ3n) is 0.957. The lowest BCUT2D eigenvalue weighted by atomic mass is 10.4. The third kappa shape index (κ3) is 1.84. The Labute approximate surface area is 63.4 Å².